The van der Waals surface area contributed by atoms with Crippen LogP contribution in [0.15, 0.2) is 11.6 Å². The van der Waals surface area contributed by atoms with E-state index in [1.165, 1.54) is 28.8 Å². The van der Waals surface area contributed by atoms with Crippen LogP contribution < -0.4 is 0 Å². The zero-order valence-electron chi connectivity index (χ0n) is 9.64. The molecule has 2 heteroatoms. The summed E-state index contributed by atoms with van der Waals surface area (Å²) >= 11 is 0. The summed E-state index contributed by atoms with van der Waals surface area (Å²) in [6, 6.07) is 0. The van der Waals surface area contributed by atoms with Crippen LogP contribution in [0.2, 0.25) is 0 Å². The summed E-state index contributed by atoms with van der Waals surface area (Å²) in [5, 5.41) is 0. The van der Waals surface area contributed by atoms with Crippen molar-refractivity contribution in [1.29, 1.82) is 0 Å². The number of aromatic nitrogens is 1. The van der Waals surface area contributed by atoms with E-state index >= 15 is 0 Å². The van der Waals surface area contributed by atoms with Crippen LogP contribution in [0.5, 0.6) is 0 Å². The van der Waals surface area contributed by atoms with Crippen molar-refractivity contribution in [2.75, 3.05) is 0 Å². The zero-order chi connectivity index (χ0) is 11.0. The van der Waals surface area contributed by atoms with Gasteiger partial charge in [-0.25, -0.2) is 4.99 Å². The fourth-order valence-electron chi connectivity index (χ4n) is 2.55. The number of rotatable bonds is 3. The fourth-order valence-corrected chi connectivity index (χ4v) is 2.55. The predicted molar refractivity (Wildman–Crippen MR) is 66.0 cm³/mol. The molecule has 2 heterocycles. The van der Waals surface area contributed by atoms with Crippen LogP contribution in [-0.2, 0) is 13.0 Å². The Kier molecular flexibility index (Phi) is 2.51. The molecule has 80 valence electrons. The first-order chi connectivity index (χ1) is 7.20. The van der Waals surface area contributed by atoms with Gasteiger partial charge in [-0.2, -0.15) is 0 Å². The van der Waals surface area contributed by atoms with Crippen molar-refractivity contribution in [3.63, 3.8) is 0 Å². The van der Waals surface area contributed by atoms with Crippen LogP contribution in [0.25, 0.3) is 5.57 Å². The molecule has 0 fully saturated rings. The largest absolute Gasteiger partial charge is 0.329 e. The van der Waals surface area contributed by atoms with Crippen molar-refractivity contribution < 1.29 is 0 Å². The molecule has 0 aliphatic carbocycles. The second-order valence-corrected chi connectivity index (χ2v) is 4.14. The molecule has 0 N–H and O–H groups in total. The molecule has 0 radical (unpaired) electrons. The average Bonchev–Trinajstić information content (AvgIpc) is 2.76. The van der Waals surface area contributed by atoms with Gasteiger partial charge in [0.05, 0.1) is 0 Å². The number of fused-ring (bicyclic) bond motifs is 1. The monoisotopic (exact) mass is 202 g/mol. The summed E-state index contributed by atoms with van der Waals surface area (Å²) in [5.41, 5.74) is 5.25. The Labute approximate surface area is 91.3 Å². The Hall–Kier alpha value is -1.31. The quantitative estimate of drug-likeness (QED) is 0.667. The predicted octanol–water partition coefficient (Wildman–Crippen LogP) is 3.50. The number of hydrogen-bond acceptors (Lipinski definition) is 1. The zero-order valence-corrected chi connectivity index (χ0v) is 9.64. The highest BCUT2D eigenvalue weighted by Crippen LogP contribution is 2.37. The standard InChI is InChI=1S/C13H18N2/c1-5-9(2)12-10(3)13(14-4)15-8-6-7-11(12)15/h2,4-8H2,1,3H3. The van der Waals surface area contributed by atoms with Crippen LogP contribution in [0.4, 0.5) is 5.82 Å². The highest BCUT2D eigenvalue weighted by atomic mass is 15.1. The number of hydrogen-bond donors (Lipinski definition) is 0. The smallest absolute Gasteiger partial charge is 0.135 e. The van der Waals surface area contributed by atoms with Gasteiger partial charge in [0.1, 0.15) is 5.82 Å². The van der Waals surface area contributed by atoms with Gasteiger partial charge in [0.15, 0.2) is 0 Å². The van der Waals surface area contributed by atoms with E-state index < -0.39 is 0 Å². The van der Waals surface area contributed by atoms with E-state index in [0.717, 1.165) is 25.2 Å². The third-order valence-corrected chi connectivity index (χ3v) is 3.31. The van der Waals surface area contributed by atoms with E-state index in [-0.39, 0.29) is 0 Å². The molecule has 0 unspecified atom stereocenters. The van der Waals surface area contributed by atoms with Crippen LogP contribution in [-0.4, -0.2) is 11.3 Å². The van der Waals surface area contributed by atoms with E-state index in [4.69, 9.17) is 0 Å². The number of aliphatic imine (C=N–C) groups is 1. The first-order valence-electron chi connectivity index (χ1n) is 5.57. The van der Waals surface area contributed by atoms with Crippen LogP contribution >= 0.6 is 0 Å². The lowest BCUT2D eigenvalue weighted by molar-refractivity contribution is 0.751. The molecule has 0 amide bonds. The minimum Gasteiger partial charge on any atom is -0.329 e. The van der Waals surface area contributed by atoms with Gasteiger partial charge >= 0.3 is 0 Å². The van der Waals surface area contributed by atoms with Crippen molar-refractivity contribution >= 4 is 18.1 Å². The van der Waals surface area contributed by atoms with Crippen molar-refractivity contribution in [2.24, 2.45) is 4.99 Å². The molecule has 0 aromatic carbocycles. The fraction of sp³-hybridized carbons (Fsp3) is 0.462. The van der Waals surface area contributed by atoms with Gasteiger partial charge in [-0.3, -0.25) is 0 Å². The Morgan fingerprint density at radius 3 is 2.87 bits per heavy atom. The van der Waals surface area contributed by atoms with Gasteiger partial charge in [0, 0.05) is 23.4 Å². The van der Waals surface area contributed by atoms with E-state index in [1.54, 1.807) is 0 Å². The Morgan fingerprint density at radius 1 is 1.53 bits per heavy atom. The maximum absolute atomic E-state index is 4.15. The molecule has 15 heavy (non-hydrogen) atoms. The molecular weight excluding hydrogens is 184 g/mol. The Bertz CT molecular complexity index is 424. The molecule has 1 aliphatic rings. The summed E-state index contributed by atoms with van der Waals surface area (Å²) in [5.74, 6) is 1.05. The normalized spacial score (nSPS) is 14.0. The molecule has 2 rings (SSSR count). The van der Waals surface area contributed by atoms with Gasteiger partial charge in [-0.05, 0) is 38.5 Å². The highest BCUT2D eigenvalue weighted by Gasteiger charge is 2.23. The second kappa shape index (κ2) is 3.69. The van der Waals surface area contributed by atoms with Crippen molar-refractivity contribution in [3.05, 3.63) is 23.4 Å². The Morgan fingerprint density at radius 2 is 2.27 bits per heavy atom. The van der Waals surface area contributed by atoms with Gasteiger partial charge in [-0.15, -0.1) is 0 Å². The molecule has 2 nitrogen and oxygen atoms in total. The highest BCUT2D eigenvalue weighted by molar-refractivity contribution is 5.74. The van der Waals surface area contributed by atoms with Crippen LogP contribution in [0.1, 0.15) is 36.6 Å². The van der Waals surface area contributed by atoms with E-state index in [0.29, 0.717) is 0 Å². The summed E-state index contributed by atoms with van der Waals surface area (Å²) < 4.78 is 2.30. The van der Waals surface area contributed by atoms with Gasteiger partial charge < -0.3 is 4.57 Å². The number of nitrogens with zero attached hydrogens (tertiary/aromatic N) is 2. The molecular formula is C13H18N2. The van der Waals surface area contributed by atoms with Crippen LogP contribution in [0, 0.1) is 6.92 Å². The van der Waals surface area contributed by atoms with Gasteiger partial charge in [0.25, 0.3) is 0 Å². The molecule has 0 bridgehead atoms. The lowest BCUT2D eigenvalue weighted by Gasteiger charge is -2.04. The van der Waals surface area contributed by atoms with E-state index in [2.05, 4.69) is 36.7 Å². The minimum atomic E-state index is 1.01. The first-order valence-corrected chi connectivity index (χ1v) is 5.57. The van der Waals surface area contributed by atoms with Crippen molar-refractivity contribution in [3.8, 4) is 0 Å². The van der Waals surface area contributed by atoms with E-state index in [1.807, 2.05) is 0 Å². The minimum absolute atomic E-state index is 1.01. The molecule has 0 spiro atoms. The summed E-state index contributed by atoms with van der Waals surface area (Å²) in [4.78, 5) is 4.15. The molecule has 1 aromatic heterocycles. The first kappa shape index (κ1) is 10.2. The van der Waals surface area contributed by atoms with Crippen molar-refractivity contribution in [1.82, 2.24) is 4.57 Å². The second-order valence-electron chi connectivity index (χ2n) is 4.14. The lowest BCUT2D eigenvalue weighted by Crippen LogP contribution is -1.91. The van der Waals surface area contributed by atoms with Crippen LogP contribution in [0.3, 0.4) is 0 Å². The summed E-state index contributed by atoms with van der Waals surface area (Å²) in [6.45, 7) is 13.2. The van der Waals surface area contributed by atoms with Gasteiger partial charge in [-0.1, -0.05) is 13.5 Å². The maximum Gasteiger partial charge on any atom is 0.135 e. The maximum atomic E-state index is 4.15. The van der Waals surface area contributed by atoms with E-state index in [9.17, 15) is 0 Å². The molecule has 0 saturated carbocycles. The third kappa shape index (κ3) is 1.36. The Balaban J connectivity index is 2.64. The molecule has 0 saturated heterocycles. The molecule has 1 aliphatic heterocycles. The molecule has 0 atom stereocenters. The average molecular weight is 202 g/mol. The van der Waals surface area contributed by atoms with Gasteiger partial charge in [0.2, 0.25) is 0 Å². The summed E-state index contributed by atoms with van der Waals surface area (Å²) in [6.07, 6.45) is 3.39. The van der Waals surface area contributed by atoms with Crippen molar-refractivity contribution in [2.45, 2.75) is 39.7 Å². The molecule has 1 aromatic rings. The topological polar surface area (TPSA) is 17.3 Å². The lowest BCUT2D eigenvalue weighted by atomic mass is 10.00. The number of allylic oxidation sites excluding steroid dienone is 1. The SMILES string of the molecule is C=Nc1c(C)c(C(=C)CC)c2n1CCC2. The third-order valence-electron chi connectivity index (χ3n) is 3.31. The summed E-state index contributed by atoms with van der Waals surface area (Å²) in [7, 11) is 0.